The average molecular weight is 458 g/mol. The lowest BCUT2D eigenvalue weighted by Gasteiger charge is -2.23. The predicted octanol–water partition coefficient (Wildman–Crippen LogP) is 4.75. The van der Waals surface area contributed by atoms with Gasteiger partial charge in [0.05, 0.1) is 26.2 Å². The molecule has 4 nitrogen and oxygen atoms in total. The molecule has 0 bridgehead atoms. The maximum atomic E-state index is 12.2. The second-order valence-corrected chi connectivity index (χ2v) is 7.49. The Labute approximate surface area is 164 Å². The van der Waals surface area contributed by atoms with Crippen LogP contribution in [0.5, 0.6) is 5.75 Å². The molecule has 5 heteroatoms. The minimum atomic E-state index is -0.0737. The molecule has 1 saturated heterocycles. The van der Waals surface area contributed by atoms with Gasteiger partial charge in [-0.2, -0.15) is 0 Å². The summed E-state index contributed by atoms with van der Waals surface area (Å²) in [7, 11) is 1.65. The van der Waals surface area contributed by atoms with Crippen molar-refractivity contribution in [3.63, 3.8) is 0 Å². The van der Waals surface area contributed by atoms with Crippen LogP contribution in [0.15, 0.2) is 33.9 Å². The molecule has 0 radical (unpaired) electrons. The summed E-state index contributed by atoms with van der Waals surface area (Å²) in [6.45, 7) is 7.37. The van der Waals surface area contributed by atoms with Crippen LogP contribution < -0.4 is 4.74 Å². The quantitative estimate of drug-likeness (QED) is 0.417. The lowest BCUT2D eigenvalue weighted by molar-refractivity contribution is -0.146. The third kappa shape index (κ3) is 5.45. The van der Waals surface area contributed by atoms with Crippen LogP contribution in [0.2, 0.25) is 0 Å². The Kier molecular flexibility index (Phi) is 7.75. The van der Waals surface area contributed by atoms with E-state index in [-0.39, 0.29) is 29.8 Å². The summed E-state index contributed by atoms with van der Waals surface area (Å²) in [6.07, 6.45) is 0.703. The Bertz CT molecular complexity index is 596. The van der Waals surface area contributed by atoms with Crippen LogP contribution in [0.1, 0.15) is 32.8 Å². The Morgan fingerprint density at radius 3 is 2.64 bits per heavy atom. The lowest BCUT2D eigenvalue weighted by atomic mass is 9.83. The third-order valence-electron chi connectivity index (χ3n) is 4.81. The minimum Gasteiger partial charge on any atom is -0.497 e. The van der Waals surface area contributed by atoms with Crippen LogP contribution in [-0.2, 0) is 20.9 Å². The number of allylic oxidation sites excluding steroid dienone is 1. The van der Waals surface area contributed by atoms with Gasteiger partial charge in [-0.25, -0.2) is 0 Å². The Balaban J connectivity index is 1.83. The van der Waals surface area contributed by atoms with Crippen molar-refractivity contribution in [1.29, 1.82) is 0 Å². The van der Waals surface area contributed by atoms with Gasteiger partial charge in [-0.1, -0.05) is 54.1 Å². The van der Waals surface area contributed by atoms with E-state index in [1.807, 2.05) is 28.3 Å². The molecule has 2 rings (SSSR count). The first-order chi connectivity index (χ1) is 12.0. The molecule has 138 valence electrons. The van der Waals surface area contributed by atoms with E-state index in [1.165, 1.54) is 5.57 Å². The summed E-state index contributed by atoms with van der Waals surface area (Å²) in [5.41, 5.74) is 2.32. The summed E-state index contributed by atoms with van der Waals surface area (Å²) in [4.78, 5) is 12.2. The van der Waals surface area contributed by atoms with Gasteiger partial charge in [0.15, 0.2) is 0 Å². The summed E-state index contributed by atoms with van der Waals surface area (Å²) in [5.74, 6) is 1.10. The molecule has 0 saturated carbocycles. The lowest BCUT2D eigenvalue weighted by Crippen LogP contribution is -2.28. The number of esters is 1. The number of hydrogen-bond donors (Lipinski definition) is 0. The molecular formula is C20H27IO4. The highest BCUT2D eigenvalue weighted by Gasteiger charge is 2.43. The molecule has 0 aromatic heterocycles. The molecule has 1 aromatic carbocycles. The number of carbonyl (C=O) groups excluding carboxylic acids is 1. The van der Waals surface area contributed by atoms with Crippen LogP contribution in [-0.4, -0.2) is 25.8 Å². The molecule has 4 atom stereocenters. The fourth-order valence-electron chi connectivity index (χ4n) is 3.25. The molecule has 0 aliphatic carbocycles. The number of ether oxygens (including phenoxy) is 3. The van der Waals surface area contributed by atoms with Crippen molar-refractivity contribution in [1.82, 2.24) is 0 Å². The molecule has 0 amide bonds. The first kappa shape index (κ1) is 20.2. The van der Waals surface area contributed by atoms with Gasteiger partial charge in [0.1, 0.15) is 11.9 Å². The summed E-state index contributed by atoms with van der Waals surface area (Å²) in [6, 6.07) is 7.85. The molecule has 1 heterocycles. The van der Waals surface area contributed by atoms with Crippen LogP contribution in [0.3, 0.4) is 0 Å². The number of carbonyl (C=O) groups is 1. The fraction of sp³-hybridized carbons (Fsp3) is 0.550. The van der Waals surface area contributed by atoms with Gasteiger partial charge >= 0.3 is 5.97 Å². The van der Waals surface area contributed by atoms with E-state index in [2.05, 4.69) is 43.4 Å². The van der Waals surface area contributed by atoms with Gasteiger partial charge in [-0.15, -0.1) is 0 Å². The Morgan fingerprint density at radius 1 is 1.36 bits per heavy atom. The van der Waals surface area contributed by atoms with Crippen molar-refractivity contribution < 1.29 is 19.0 Å². The molecule has 1 aromatic rings. The van der Waals surface area contributed by atoms with Crippen molar-refractivity contribution in [2.45, 2.75) is 39.9 Å². The van der Waals surface area contributed by atoms with Crippen LogP contribution in [0.4, 0.5) is 0 Å². The number of rotatable bonds is 8. The number of halogens is 1. The van der Waals surface area contributed by atoms with Gasteiger partial charge < -0.3 is 14.2 Å². The minimum absolute atomic E-state index is 0.0416. The van der Waals surface area contributed by atoms with Gasteiger partial charge in [-0.3, -0.25) is 4.79 Å². The van der Waals surface area contributed by atoms with Crippen LogP contribution in [0, 0.1) is 17.8 Å². The highest BCUT2D eigenvalue weighted by atomic mass is 127. The molecule has 1 aliphatic heterocycles. The average Bonchev–Trinajstić information content (AvgIpc) is 2.90. The van der Waals surface area contributed by atoms with Crippen molar-refractivity contribution in [2.24, 2.45) is 17.8 Å². The van der Waals surface area contributed by atoms with Crippen LogP contribution >= 0.6 is 22.6 Å². The van der Waals surface area contributed by atoms with E-state index in [9.17, 15) is 4.79 Å². The SMILES string of the molecule is COc1ccc(COC[C@@H](C)[C@H]2OC(=O)[C@@H](C/C(C)=C\I)[C@@H]2C)cc1. The number of methoxy groups -OCH3 is 1. The van der Waals surface area contributed by atoms with Gasteiger partial charge in [0.25, 0.3) is 0 Å². The summed E-state index contributed by atoms with van der Waals surface area (Å²) < 4.78 is 18.7. The maximum absolute atomic E-state index is 12.2. The molecule has 1 aliphatic rings. The highest BCUT2D eigenvalue weighted by Crippen LogP contribution is 2.36. The van der Waals surface area contributed by atoms with Crippen molar-refractivity contribution in [3.8, 4) is 5.75 Å². The van der Waals surface area contributed by atoms with Crippen LogP contribution in [0.25, 0.3) is 0 Å². The molecule has 0 unspecified atom stereocenters. The second kappa shape index (κ2) is 9.57. The van der Waals surface area contributed by atoms with E-state index in [0.717, 1.165) is 17.7 Å². The van der Waals surface area contributed by atoms with Gasteiger partial charge in [0, 0.05) is 11.8 Å². The van der Waals surface area contributed by atoms with E-state index >= 15 is 0 Å². The molecule has 25 heavy (non-hydrogen) atoms. The monoisotopic (exact) mass is 458 g/mol. The second-order valence-electron chi connectivity index (χ2n) is 6.87. The summed E-state index contributed by atoms with van der Waals surface area (Å²) in [5, 5.41) is 0. The van der Waals surface area contributed by atoms with E-state index in [4.69, 9.17) is 14.2 Å². The number of benzene rings is 1. The molecule has 0 N–H and O–H groups in total. The normalized spacial score (nSPS) is 24.9. The topological polar surface area (TPSA) is 44.8 Å². The molecular weight excluding hydrogens is 431 g/mol. The van der Waals surface area contributed by atoms with E-state index < -0.39 is 0 Å². The third-order valence-corrected chi connectivity index (χ3v) is 5.87. The largest absolute Gasteiger partial charge is 0.497 e. The van der Waals surface area contributed by atoms with E-state index in [1.54, 1.807) is 7.11 Å². The van der Waals surface area contributed by atoms with E-state index in [0.29, 0.717) is 13.2 Å². The number of cyclic esters (lactones) is 1. The Morgan fingerprint density at radius 2 is 2.04 bits per heavy atom. The molecule has 0 spiro atoms. The highest BCUT2D eigenvalue weighted by molar-refractivity contribution is 14.1. The smallest absolute Gasteiger partial charge is 0.309 e. The fourth-order valence-corrected chi connectivity index (χ4v) is 3.50. The van der Waals surface area contributed by atoms with Gasteiger partial charge in [-0.05, 0) is 35.1 Å². The summed E-state index contributed by atoms with van der Waals surface area (Å²) >= 11 is 2.22. The van der Waals surface area contributed by atoms with Crippen molar-refractivity contribution in [3.05, 3.63) is 39.5 Å². The molecule has 1 fully saturated rings. The zero-order valence-electron chi connectivity index (χ0n) is 15.3. The van der Waals surface area contributed by atoms with Crippen molar-refractivity contribution in [2.75, 3.05) is 13.7 Å². The maximum Gasteiger partial charge on any atom is 0.309 e. The first-order valence-electron chi connectivity index (χ1n) is 8.63. The predicted molar refractivity (Wildman–Crippen MR) is 107 cm³/mol. The van der Waals surface area contributed by atoms with Gasteiger partial charge in [0.2, 0.25) is 0 Å². The Hall–Kier alpha value is -1.08. The first-order valence-corrected chi connectivity index (χ1v) is 9.87. The van der Waals surface area contributed by atoms with Crippen molar-refractivity contribution >= 4 is 28.6 Å². The zero-order valence-corrected chi connectivity index (χ0v) is 17.5. The zero-order chi connectivity index (χ0) is 18.4. The number of hydrogen-bond acceptors (Lipinski definition) is 4. The standard InChI is InChI=1S/C20H27IO4/c1-13(10-21)9-18-15(3)19(25-20(18)22)14(2)11-24-12-16-5-7-17(23-4)8-6-16/h5-8,10,14-15,18-19H,9,11-12H2,1-4H3/b13-10-/t14-,15+,18+,19-/m1/s1.